The third-order valence-electron chi connectivity index (χ3n) is 3.22. The van der Waals surface area contributed by atoms with Gasteiger partial charge in [0.25, 0.3) is 0 Å². The van der Waals surface area contributed by atoms with Gasteiger partial charge in [0.05, 0.1) is 18.4 Å². The molecule has 0 amide bonds. The lowest BCUT2D eigenvalue weighted by Gasteiger charge is -2.22. The second-order valence-corrected chi connectivity index (χ2v) is 4.58. The Hall–Kier alpha value is -2.49. The third-order valence-corrected chi connectivity index (χ3v) is 3.22. The summed E-state index contributed by atoms with van der Waals surface area (Å²) in [5.41, 5.74) is 2.94. The maximum atomic E-state index is 11.4. The molecule has 0 aliphatic rings. The molecule has 0 bridgehead atoms. The molecule has 0 saturated carbocycles. The number of aromatic carboxylic acids is 1. The largest absolute Gasteiger partial charge is 0.497 e. The van der Waals surface area contributed by atoms with E-state index in [0.29, 0.717) is 11.4 Å². The fraction of sp³-hybridized carbons (Fsp3) is 0.188. The fourth-order valence-corrected chi connectivity index (χ4v) is 2.01. The van der Waals surface area contributed by atoms with Crippen LogP contribution in [0.2, 0.25) is 0 Å². The quantitative estimate of drug-likeness (QED) is 0.925. The van der Waals surface area contributed by atoms with Gasteiger partial charge in [0.1, 0.15) is 5.75 Å². The van der Waals surface area contributed by atoms with Gasteiger partial charge < -0.3 is 14.7 Å². The number of aryl methyl sites for hydroxylation is 1. The Morgan fingerprint density at radius 1 is 1.15 bits per heavy atom. The lowest BCUT2D eigenvalue weighted by Crippen LogP contribution is -2.14. The predicted molar refractivity (Wildman–Crippen MR) is 79.2 cm³/mol. The Balaban J connectivity index is 2.45. The number of hydrogen-bond acceptors (Lipinski definition) is 3. The van der Waals surface area contributed by atoms with Crippen molar-refractivity contribution in [2.75, 3.05) is 19.1 Å². The van der Waals surface area contributed by atoms with E-state index in [2.05, 4.69) is 0 Å². The summed E-state index contributed by atoms with van der Waals surface area (Å²) in [6.07, 6.45) is 0. The van der Waals surface area contributed by atoms with Gasteiger partial charge in [0.15, 0.2) is 0 Å². The molecule has 0 saturated heterocycles. The first kappa shape index (κ1) is 13.9. The molecule has 2 rings (SSSR count). The van der Waals surface area contributed by atoms with Gasteiger partial charge in [-0.3, -0.25) is 0 Å². The van der Waals surface area contributed by atoms with E-state index < -0.39 is 5.97 Å². The Labute approximate surface area is 118 Å². The number of rotatable bonds is 4. The average Bonchev–Trinajstić information content (AvgIpc) is 2.46. The minimum absolute atomic E-state index is 0.215. The Morgan fingerprint density at radius 3 is 2.35 bits per heavy atom. The van der Waals surface area contributed by atoms with Crippen molar-refractivity contribution in [3.63, 3.8) is 0 Å². The third kappa shape index (κ3) is 2.74. The van der Waals surface area contributed by atoms with E-state index in [9.17, 15) is 9.90 Å². The molecule has 0 heterocycles. The monoisotopic (exact) mass is 271 g/mol. The molecule has 0 aliphatic carbocycles. The molecule has 0 aromatic heterocycles. The number of nitrogens with zero attached hydrogens (tertiary/aromatic N) is 1. The zero-order valence-corrected chi connectivity index (χ0v) is 11.8. The Bertz CT molecular complexity index is 620. The van der Waals surface area contributed by atoms with E-state index in [1.54, 1.807) is 12.1 Å². The second kappa shape index (κ2) is 5.65. The van der Waals surface area contributed by atoms with Crippen molar-refractivity contribution in [3.8, 4) is 5.75 Å². The first-order chi connectivity index (χ1) is 9.52. The van der Waals surface area contributed by atoms with Crippen LogP contribution in [-0.2, 0) is 0 Å². The molecule has 0 radical (unpaired) electrons. The highest BCUT2D eigenvalue weighted by atomic mass is 16.5. The highest BCUT2D eigenvalue weighted by Crippen LogP contribution is 2.30. The van der Waals surface area contributed by atoms with Gasteiger partial charge in [-0.05, 0) is 37.3 Å². The number of hydrogen-bond donors (Lipinski definition) is 1. The summed E-state index contributed by atoms with van der Waals surface area (Å²) in [5, 5.41) is 9.34. The van der Waals surface area contributed by atoms with Crippen LogP contribution in [0.15, 0.2) is 42.5 Å². The van der Waals surface area contributed by atoms with E-state index in [1.165, 1.54) is 13.2 Å². The summed E-state index contributed by atoms with van der Waals surface area (Å²) >= 11 is 0. The van der Waals surface area contributed by atoms with Crippen LogP contribution in [0.3, 0.4) is 0 Å². The number of carbonyl (C=O) groups is 1. The molecular weight excluding hydrogens is 254 g/mol. The van der Waals surface area contributed by atoms with Crippen LogP contribution < -0.4 is 9.64 Å². The van der Waals surface area contributed by atoms with Crippen LogP contribution in [0.1, 0.15) is 15.9 Å². The molecule has 4 heteroatoms. The van der Waals surface area contributed by atoms with Gasteiger partial charge in [0.2, 0.25) is 0 Å². The highest BCUT2D eigenvalue weighted by molar-refractivity contribution is 5.96. The predicted octanol–water partition coefficient (Wildman–Crippen LogP) is 3.47. The molecule has 2 aromatic rings. The Kier molecular flexibility index (Phi) is 3.94. The van der Waals surface area contributed by atoms with Crippen LogP contribution in [0.5, 0.6) is 5.75 Å². The summed E-state index contributed by atoms with van der Waals surface area (Å²) < 4.78 is 5.08. The van der Waals surface area contributed by atoms with E-state index in [4.69, 9.17) is 4.74 Å². The molecule has 104 valence electrons. The second-order valence-electron chi connectivity index (χ2n) is 4.58. The van der Waals surface area contributed by atoms with Gasteiger partial charge in [-0.15, -0.1) is 0 Å². The van der Waals surface area contributed by atoms with Gasteiger partial charge in [-0.2, -0.15) is 0 Å². The van der Waals surface area contributed by atoms with Crippen LogP contribution in [0.4, 0.5) is 11.4 Å². The van der Waals surface area contributed by atoms with Crippen LogP contribution >= 0.6 is 0 Å². The summed E-state index contributed by atoms with van der Waals surface area (Å²) in [6, 6.07) is 13.0. The van der Waals surface area contributed by atoms with E-state index in [0.717, 1.165) is 11.3 Å². The normalized spacial score (nSPS) is 10.2. The van der Waals surface area contributed by atoms with Crippen LogP contribution in [0.25, 0.3) is 0 Å². The number of anilines is 2. The molecule has 4 nitrogen and oxygen atoms in total. The maximum absolute atomic E-state index is 11.4. The smallest absolute Gasteiger partial charge is 0.337 e. The minimum atomic E-state index is -0.974. The SMILES string of the molecule is COc1ccc(N(C)c2ccc(C)cc2)c(C(=O)O)c1. The van der Waals surface area contributed by atoms with Crippen molar-refractivity contribution in [2.45, 2.75) is 6.92 Å². The standard InChI is InChI=1S/C16H17NO3/c1-11-4-6-12(7-5-11)17(2)15-9-8-13(20-3)10-14(15)16(18)19/h4-10H,1-3H3,(H,18,19). The molecule has 0 atom stereocenters. The number of carboxylic acid groups (broad SMARTS) is 1. The molecule has 0 spiro atoms. The summed E-state index contributed by atoms with van der Waals surface area (Å²) in [7, 11) is 3.36. The lowest BCUT2D eigenvalue weighted by atomic mass is 10.1. The summed E-state index contributed by atoms with van der Waals surface area (Å²) in [4.78, 5) is 13.2. The summed E-state index contributed by atoms with van der Waals surface area (Å²) in [6.45, 7) is 2.01. The number of benzene rings is 2. The minimum Gasteiger partial charge on any atom is -0.497 e. The number of methoxy groups -OCH3 is 1. The molecule has 0 fully saturated rings. The molecule has 20 heavy (non-hydrogen) atoms. The van der Waals surface area contributed by atoms with Gasteiger partial charge in [0, 0.05) is 12.7 Å². The van der Waals surface area contributed by atoms with E-state index in [1.807, 2.05) is 43.1 Å². The van der Waals surface area contributed by atoms with Crippen molar-refractivity contribution >= 4 is 17.3 Å². The molecule has 2 aromatic carbocycles. The van der Waals surface area contributed by atoms with Crippen molar-refractivity contribution in [1.29, 1.82) is 0 Å². The Morgan fingerprint density at radius 2 is 1.80 bits per heavy atom. The first-order valence-corrected chi connectivity index (χ1v) is 6.24. The fourth-order valence-electron chi connectivity index (χ4n) is 2.01. The molecule has 1 N–H and O–H groups in total. The topological polar surface area (TPSA) is 49.8 Å². The highest BCUT2D eigenvalue weighted by Gasteiger charge is 2.15. The van der Waals surface area contributed by atoms with Crippen LogP contribution in [-0.4, -0.2) is 25.2 Å². The van der Waals surface area contributed by atoms with Crippen molar-refractivity contribution < 1.29 is 14.6 Å². The average molecular weight is 271 g/mol. The van der Waals surface area contributed by atoms with Crippen molar-refractivity contribution in [2.24, 2.45) is 0 Å². The zero-order chi connectivity index (χ0) is 14.7. The van der Waals surface area contributed by atoms with E-state index in [-0.39, 0.29) is 5.56 Å². The first-order valence-electron chi connectivity index (χ1n) is 6.24. The van der Waals surface area contributed by atoms with Crippen molar-refractivity contribution in [1.82, 2.24) is 0 Å². The molecule has 0 aliphatic heterocycles. The number of carboxylic acids is 1. The van der Waals surface area contributed by atoms with E-state index >= 15 is 0 Å². The van der Waals surface area contributed by atoms with Gasteiger partial charge in [-0.1, -0.05) is 17.7 Å². The van der Waals surface area contributed by atoms with Crippen LogP contribution in [0, 0.1) is 6.92 Å². The number of ether oxygens (including phenoxy) is 1. The van der Waals surface area contributed by atoms with Crippen molar-refractivity contribution in [3.05, 3.63) is 53.6 Å². The van der Waals surface area contributed by atoms with Gasteiger partial charge >= 0.3 is 5.97 Å². The van der Waals surface area contributed by atoms with Gasteiger partial charge in [-0.25, -0.2) is 4.79 Å². The maximum Gasteiger partial charge on any atom is 0.337 e. The molecule has 0 unspecified atom stereocenters. The zero-order valence-electron chi connectivity index (χ0n) is 11.8. The lowest BCUT2D eigenvalue weighted by molar-refractivity contribution is 0.0697. The summed E-state index contributed by atoms with van der Waals surface area (Å²) in [5.74, 6) is -0.443. The molecular formula is C16H17NO3.